The Balaban J connectivity index is 2.10. The van der Waals surface area contributed by atoms with Gasteiger partial charge in [-0.2, -0.15) is 0 Å². The number of ether oxygens (including phenoxy) is 1. The van der Waals surface area contributed by atoms with Gasteiger partial charge in [-0.3, -0.25) is 0 Å². The molecule has 0 aromatic heterocycles. The van der Waals surface area contributed by atoms with E-state index in [1.54, 1.807) is 0 Å². The molecule has 4 nitrogen and oxygen atoms in total. The van der Waals surface area contributed by atoms with Crippen LogP contribution in [0.1, 0.15) is 6.42 Å². The first kappa shape index (κ1) is 7.49. The van der Waals surface area contributed by atoms with E-state index in [2.05, 4.69) is 0 Å². The van der Waals surface area contributed by atoms with Gasteiger partial charge in [0.15, 0.2) is 0 Å². The van der Waals surface area contributed by atoms with E-state index < -0.39 is 12.2 Å². The molecule has 3 N–H and O–H groups in total. The fraction of sp³-hybridized carbons (Fsp3) is 1.00. The number of fused-ring (bicyclic) bond motifs is 2. The van der Waals surface area contributed by atoms with Crippen LogP contribution in [0.5, 0.6) is 0 Å². The standard InChI is InChI=1S/C7H12O4/c8-2-3-1-4-5(9)6(10)7(3)11-4/h3-10H,1-2H2/t3-,4-,5+,6-,7+/m0/s1. The van der Waals surface area contributed by atoms with Crippen LogP contribution in [0, 0.1) is 5.92 Å². The van der Waals surface area contributed by atoms with E-state index in [1.807, 2.05) is 0 Å². The summed E-state index contributed by atoms with van der Waals surface area (Å²) in [6.45, 7) is 0.0327. The average Bonchev–Trinajstić information content (AvgIpc) is 2.53. The summed E-state index contributed by atoms with van der Waals surface area (Å²) in [5.74, 6) is 0.0124. The van der Waals surface area contributed by atoms with E-state index in [1.165, 1.54) is 0 Å². The molecule has 2 rings (SSSR count). The van der Waals surface area contributed by atoms with Crippen molar-refractivity contribution in [2.75, 3.05) is 6.61 Å². The van der Waals surface area contributed by atoms with Crippen molar-refractivity contribution >= 4 is 0 Å². The molecule has 2 fully saturated rings. The zero-order chi connectivity index (χ0) is 8.01. The summed E-state index contributed by atoms with van der Waals surface area (Å²) in [6.07, 6.45) is -1.49. The van der Waals surface area contributed by atoms with Crippen molar-refractivity contribution in [3.8, 4) is 0 Å². The first-order valence-corrected chi connectivity index (χ1v) is 3.86. The van der Waals surface area contributed by atoms with Gasteiger partial charge in [0.25, 0.3) is 0 Å². The predicted octanol–water partition coefficient (Wildman–Crippen LogP) is -1.51. The Bertz CT molecular complexity index is 155. The van der Waals surface area contributed by atoms with E-state index in [0.29, 0.717) is 6.42 Å². The van der Waals surface area contributed by atoms with Crippen LogP contribution < -0.4 is 0 Å². The first-order valence-electron chi connectivity index (χ1n) is 3.86. The summed E-state index contributed by atoms with van der Waals surface area (Å²) < 4.78 is 5.24. The van der Waals surface area contributed by atoms with Crippen molar-refractivity contribution in [1.82, 2.24) is 0 Å². The van der Waals surface area contributed by atoms with E-state index >= 15 is 0 Å². The van der Waals surface area contributed by atoms with Crippen LogP contribution in [-0.2, 0) is 4.74 Å². The summed E-state index contributed by atoms with van der Waals surface area (Å²) in [5.41, 5.74) is 0. The maximum absolute atomic E-state index is 9.30. The smallest absolute Gasteiger partial charge is 0.109 e. The lowest BCUT2D eigenvalue weighted by atomic mass is 9.86. The Hall–Kier alpha value is -0.160. The van der Waals surface area contributed by atoms with Gasteiger partial charge >= 0.3 is 0 Å². The molecule has 0 aromatic carbocycles. The summed E-state index contributed by atoms with van der Waals surface area (Å²) in [7, 11) is 0. The van der Waals surface area contributed by atoms with Crippen molar-refractivity contribution in [3.63, 3.8) is 0 Å². The second kappa shape index (κ2) is 2.42. The van der Waals surface area contributed by atoms with Gasteiger partial charge < -0.3 is 20.1 Å². The Morgan fingerprint density at radius 1 is 1.27 bits per heavy atom. The molecular formula is C7H12O4. The van der Waals surface area contributed by atoms with Crippen molar-refractivity contribution in [1.29, 1.82) is 0 Å². The quantitative estimate of drug-likeness (QED) is 0.436. The van der Waals surface area contributed by atoms with Crippen molar-refractivity contribution in [2.45, 2.75) is 30.8 Å². The van der Waals surface area contributed by atoms with Crippen LogP contribution in [0.15, 0.2) is 0 Å². The molecule has 5 atom stereocenters. The van der Waals surface area contributed by atoms with E-state index in [-0.39, 0.29) is 24.7 Å². The highest BCUT2D eigenvalue weighted by Crippen LogP contribution is 2.38. The molecule has 0 unspecified atom stereocenters. The van der Waals surface area contributed by atoms with Crippen LogP contribution in [-0.4, -0.2) is 46.3 Å². The van der Waals surface area contributed by atoms with E-state index in [9.17, 15) is 10.2 Å². The molecule has 0 spiro atoms. The van der Waals surface area contributed by atoms with Gasteiger partial charge in [-0.05, 0) is 6.42 Å². The fourth-order valence-electron chi connectivity index (χ4n) is 1.97. The molecule has 64 valence electrons. The van der Waals surface area contributed by atoms with Crippen molar-refractivity contribution in [3.05, 3.63) is 0 Å². The molecule has 0 aromatic rings. The third-order valence-corrected chi connectivity index (χ3v) is 2.63. The van der Waals surface area contributed by atoms with Crippen LogP contribution in [0.4, 0.5) is 0 Å². The average molecular weight is 160 g/mol. The SMILES string of the molecule is OC[C@@H]1C[C@@H]2O[C@H]1[C@@H](O)[C@@H]2O. The van der Waals surface area contributed by atoms with Gasteiger partial charge in [0.05, 0.1) is 12.2 Å². The fourth-order valence-corrected chi connectivity index (χ4v) is 1.97. The highest BCUT2D eigenvalue weighted by molar-refractivity contribution is 5.01. The largest absolute Gasteiger partial charge is 0.396 e. The summed E-state index contributed by atoms with van der Waals surface area (Å²) >= 11 is 0. The lowest BCUT2D eigenvalue weighted by molar-refractivity contribution is -0.0137. The minimum absolute atomic E-state index is 0.0124. The Kier molecular flexibility index (Phi) is 1.64. The summed E-state index contributed by atoms with van der Waals surface area (Å²) in [4.78, 5) is 0. The highest BCUT2D eigenvalue weighted by Gasteiger charge is 2.52. The second-order valence-corrected chi connectivity index (χ2v) is 3.30. The monoisotopic (exact) mass is 160 g/mol. The zero-order valence-corrected chi connectivity index (χ0v) is 6.05. The molecule has 4 heteroatoms. The molecule has 0 aliphatic carbocycles. The molecule has 0 saturated carbocycles. The Labute approximate surface area is 64.4 Å². The van der Waals surface area contributed by atoms with E-state index in [0.717, 1.165) is 0 Å². The lowest BCUT2D eigenvalue weighted by Gasteiger charge is -2.24. The van der Waals surface area contributed by atoms with Gasteiger partial charge in [-0.1, -0.05) is 0 Å². The van der Waals surface area contributed by atoms with Gasteiger partial charge in [0.1, 0.15) is 12.2 Å². The number of hydrogen-bond donors (Lipinski definition) is 3. The molecular weight excluding hydrogens is 148 g/mol. The van der Waals surface area contributed by atoms with Crippen LogP contribution in [0.25, 0.3) is 0 Å². The van der Waals surface area contributed by atoms with Crippen LogP contribution >= 0.6 is 0 Å². The minimum atomic E-state index is -0.800. The normalized spacial score (nSPS) is 55.4. The zero-order valence-electron chi connectivity index (χ0n) is 6.05. The molecule has 2 heterocycles. The number of aliphatic hydroxyl groups excluding tert-OH is 3. The molecule has 11 heavy (non-hydrogen) atoms. The van der Waals surface area contributed by atoms with Gasteiger partial charge in [0.2, 0.25) is 0 Å². The van der Waals surface area contributed by atoms with E-state index in [4.69, 9.17) is 9.84 Å². The topological polar surface area (TPSA) is 69.9 Å². The Morgan fingerprint density at radius 3 is 2.45 bits per heavy atom. The number of hydrogen-bond acceptors (Lipinski definition) is 4. The predicted molar refractivity (Wildman–Crippen MR) is 35.9 cm³/mol. The lowest BCUT2D eigenvalue weighted by Crippen LogP contribution is -2.42. The molecule has 2 saturated heterocycles. The van der Waals surface area contributed by atoms with Crippen molar-refractivity contribution < 1.29 is 20.1 Å². The molecule has 0 radical (unpaired) electrons. The van der Waals surface area contributed by atoms with Gasteiger partial charge in [-0.15, -0.1) is 0 Å². The molecule has 2 aliphatic rings. The van der Waals surface area contributed by atoms with Gasteiger partial charge in [0, 0.05) is 12.5 Å². The van der Waals surface area contributed by atoms with Crippen LogP contribution in [0.3, 0.4) is 0 Å². The Morgan fingerprint density at radius 2 is 2.00 bits per heavy atom. The second-order valence-electron chi connectivity index (χ2n) is 3.30. The molecule has 2 bridgehead atoms. The highest BCUT2D eigenvalue weighted by atomic mass is 16.5. The molecule has 2 aliphatic heterocycles. The first-order chi connectivity index (χ1) is 5.24. The molecule has 0 amide bonds. The number of rotatable bonds is 1. The summed E-state index contributed by atoms with van der Waals surface area (Å²) in [6, 6.07) is 0. The third-order valence-electron chi connectivity index (χ3n) is 2.63. The van der Waals surface area contributed by atoms with Crippen molar-refractivity contribution in [2.24, 2.45) is 5.92 Å². The minimum Gasteiger partial charge on any atom is -0.396 e. The van der Waals surface area contributed by atoms with Gasteiger partial charge in [-0.25, -0.2) is 0 Å². The number of aliphatic hydroxyl groups is 3. The van der Waals surface area contributed by atoms with Crippen LogP contribution in [0.2, 0.25) is 0 Å². The maximum atomic E-state index is 9.30. The maximum Gasteiger partial charge on any atom is 0.109 e. The summed E-state index contributed by atoms with van der Waals surface area (Å²) in [5, 5.41) is 27.4. The third kappa shape index (κ3) is 0.906.